The number of hydrogen-bond donors (Lipinski definition) is 0. The number of nitrogens with zero attached hydrogens (tertiary/aromatic N) is 4. The molecule has 3 heterocycles. The molecule has 32 heavy (non-hydrogen) atoms. The van der Waals surface area contributed by atoms with Crippen LogP contribution in [0.2, 0.25) is 0 Å². The third kappa shape index (κ3) is 4.73. The summed E-state index contributed by atoms with van der Waals surface area (Å²) in [5, 5.41) is 0. The molecule has 0 bridgehead atoms. The summed E-state index contributed by atoms with van der Waals surface area (Å²) in [7, 11) is -3.63. The van der Waals surface area contributed by atoms with Crippen LogP contribution in [0.1, 0.15) is 25.7 Å². The molecule has 0 unspecified atom stereocenters. The van der Waals surface area contributed by atoms with E-state index in [0.717, 1.165) is 31.0 Å². The maximum absolute atomic E-state index is 13.5. The Kier molecular flexibility index (Phi) is 8.33. The van der Waals surface area contributed by atoms with Gasteiger partial charge in [-0.25, -0.2) is 8.61 Å². The van der Waals surface area contributed by atoms with Gasteiger partial charge in [-0.2, -0.15) is 8.42 Å². The lowest BCUT2D eigenvalue weighted by atomic mass is 10.0. The number of anilines is 3. The van der Waals surface area contributed by atoms with Crippen molar-refractivity contribution in [1.82, 2.24) is 9.80 Å². The summed E-state index contributed by atoms with van der Waals surface area (Å²) >= 11 is 0. The monoisotopic (exact) mass is 498 g/mol. The van der Waals surface area contributed by atoms with Gasteiger partial charge in [-0.3, -0.25) is 0 Å². The molecule has 176 valence electrons. The molecule has 3 aliphatic rings. The van der Waals surface area contributed by atoms with Gasteiger partial charge in [0.25, 0.3) is 0 Å². The van der Waals surface area contributed by atoms with Crippen molar-refractivity contribution in [2.24, 2.45) is 0 Å². The predicted molar refractivity (Wildman–Crippen MR) is 136 cm³/mol. The molecule has 0 radical (unpaired) electrons. The molecule has 0 saturated carbocycles. The highest BCUT2D eigenvalue weighted by Crippen LogP contribution is 2.44. The first kappa shape index (κ1) is 25.1. The van der Waals surface area contributed by atoms with Gasteiger partial charge in [-0.15, -0.1) is 24.8 Å². The van der Waals surface area contributed by atoms with Gasteiger partial charge in [0, 0.05) is 19.1 Å². The first-order chi connectivity index (χ1) is 14.6. The maximum atomic E-state index is 13.5. The second kappa shape index (κ2) is 10.6. The van der Waals surface area contributed by atoms with E-state index in [9.17, 15) is 8.42 Å². The fourth-order valence-corrected chi connectivity index (χ4v) is 6.82. The molecule has 2 saturated heterocycles. The molecule has 0 atom stereocenters. The molecule has 2 fully saturated rings. The van der Waals surface area contributed by atoms with E-state index in [1.165, 1.54) is 43.1 Å². The van der Waals surface area contributed by atoms with E-state index in [2.05, 4.69) is 9.80 Å². The molecule has 0 spiro atoms. The van der Waals surface area contributed by atoms with Crippen molar-refractivity contribution in [1.29, 1.82) is 0 Å². The third-order valence-electron chi connectivity index (χ3n) is 6.70. The van der Waals surface area contributed by atoms with E-state index in [1.54, 1.807) is 4.31 Å². The Hall–Kier alpha value is -1.51. The van der Waals surface area contributed by atoms with E-state index in [0.29, 0.717) is 18.3 Å². The maximum Gasteiger partial charge on any atom is 0.331 e. The molecular weight excluding hydrogens is 467 g/mol. The van der Waals surface area contributed by atoms with Crippen molar-refractivity contribution in [2.45, 2.75) is 31.7 Å². The normalized spacial score (nSPS) is 21.1. The molecule has 2 aromatic carbocycles. The van der Waals surface area contributed by atoms with Crippen molar-refractivity contribution >= 4 is 52.1 Å². The van der Waals surface area contributed by atoms with Crippen LogP contribution >= 0.6 is 24.8 Å². The van der Waals surface area contributed by atoms with E-state index in [-0.39, 0.29) is 24.8 Å². The van der Waals surface area contributed by atoms with Gasteiger partial charge in [-0.1, -0.05) is 30.3 Å². The van der Waals surface area contributed by atoms with Crippen LogP contribution in [0.15, 0.2) is 54.6 Å². The topological polar surface area (TPSA) is 47.1 Å². The Morgan fingerprint density at radius 1 is 0.750 bits per heavy atom. The van der Waals surface area contributed by atoms with E-state index in [4.69, 9.17) is 0 Å². The first-order valence-electron chi connectivity index (χ1n) is 11.1. The number of rotatable bonds is 5. The van der Waals surface area contributed by atoms with E-state index < -0.39 is 10.2 Å². The van der Waals surface area contributed by atoms with Crippen LogP contribution in [0.3, 0.4) is 0 Å². The zero-order chi connectivity index (χ0) is 20.6. The highest BCUT2D eigenvalue weighted by Gasteiger charge is 2.41. The average molecular weight is 500 g/mol. The molecule has 2 aromatic rings. The summed E-state index contributed by atoms with van der Waals surface area (Å²) in [4.78, 5) is 5.08. The number of benzene rings is 2. The van der Waals surface area contributed by atoms with Gasteiger partial charge >= 0.3 is 10.2 Å². The van der Waals surface area contributed by atoms with Crippen molar-refractivity contribution in [3.63, 3.8) is 0 Å². The molecule has 9 heteroatoms. The lowest BCUT2D eigenvalue weighted by Crippen LogP contribution is -2.46. The number of halogens is 2. The summed E-state index contributed by atoms with van der Waals surface area (Å²) in [5.74, 6) is 0. The molecule has 5 rings (SSSR count). The Bertz CT molecular complexity index is 979. The lowest BCUT2D eigenvalue weighted by Gasteiger charge is -2.37. The Morgan fingerprint density at radius 3 is 2.00 bits per heavy atom. The Balaban J connectivity index is 0.00000144. The summed E-state index contributed by atoms with van der Waals surface area (Å²) in [6.07, 6.45) is 5.06. The van der Waals surface area contributed by atoms with Crippen LogP contribution in [0.4, 0.5) is 17.1 Å². The predicted octanol–water partition coefficient (Wildman–Crippen LogP) is 4.29. The average Bonchev–Trinajstić information content (AvgIpc) is 3.37. The van der Waals surface area contributed by atoms with Crippen LogP contribution in [-0.4, -0.2) is 63.5 Å². The smallest absolute Gasteiger partial charge is 0.301 e. The second-order valence-electron chi connectivity index (χ2n) is 8.48. The molecule has 3 aliphatic heterocycles. The SMILES string of the molecule is Cl.Cl.O=S1(=O)N(CCN2CCC(N3CCCC3)CC2)c2ccccc2N1c1ccccc1. The number of likely N-dealkylation sites (tertiary alicyclic amines) is 2. The largest absolute Gasteiger partial charge is 0.331 e. The first-order valence-corrected chi connectivity index (χ1v) is 12.5. The zero-order valence-corrected chi connectivity index (χ0v) is 20.6. The van der Waals surface area contributed by atoms with Crippen LogP contribution < -0.4 is 8.61 Å². The number of para-hydroxylation sites is 3. The minimum atomic E-state index is -3.63. The molecule has 0 N–H and O–H groups in total. The molecular formula is C23H32Cl2N4O2S. The highest BCUT2D eigenvalue weighted by atomic mass is 35.5. The highest BCUT2D eigenvalue weighted by molar-refractivity contribution is 7.95. The van der Waals surface area contributed by atoms with E-state index >= 15 is 0 Å². The van der Waals surface area contributed by atoms with Crippen LogP contribution in [0, 0.1) is 0 Å². The molecule has 0 amide bonds. The molecule has 0 aromatic heterocycles. The van der Waals surface area contributed by atoms with Crippen LogP contribution in [0.5, 0.6) is 0 Å². The van der Waals surface area contributed by atoms with Gasteiger partial charge in [0.15, 0.2) is 0 Å². The van der Waals surface area contributed by atoms with Crippen molar-refractivity contribution in [3.8, 4) is 0 Å². The fourth-order valence-electron chi connectivity index (χ4n) is 5.11. The molecule has 6 nitrogen and oxygen atoms in total. The van der Waals surface area contributed by atoms with Crippen molar-refractivity contribution in [2.75, 3.05) is 47.9 Å². The van der Waals surface area contributed by atoms with Gasteiger partial charge in [-0.05, 0) is 76.1 Å². The van der Waals surface area contributed by atoms with E-state index in [1.807, 2.05) is 54.6 Å². The van der Waals surface area contributed by atoms with Crippen LogP contribution in [-0.2, 0) is 10.2 Å². The quantitative estimate of drug-likeness (QED) is 0.616. The van der Waals surface area contributed by atoms with Gasteiger partial charge in [0.2, 0.25) is 0 Å². The summed E-state index contributed by atoms with van der Waals surface area (Å²) in [6, 6.07) is 17.7. The number of piperidine rings is 1. The fraction of sp³-hybridized carbons (Fsp3) is 0.478. The van der Waals surface area contributed by atoms with Crippen LogP contribution in [0.25, 0.3) is 0 Å². The van der Waals surface area contributed by atoms with Crippen molar-refractivity contribution in [3.05, 3.63) is 54.6 Å². The zero-order valence-electron chi connectivity index (χ0n) is 18.2. The lowest BCUT2D eigenvalue weighted by molar-refractivity contribution is 0.129. The number of fused-ring (bicyclic) bond motifs is 1. The Morgan fingerprint density at radius 2 is 1.34 bits per heavy atom. The number of hydrogen-bond acceptors (Lipinski definition) is 4. The van der Waals surface area contributed by atoms with Gasteiger partial charge < -0.3 is 9.80 Å². The minimum absolute atomic E-state index is 0. The Labute approximate surface area is 204 Å². The minimum Gasteiger partial charge on any atom is -0.301 e. The van der Waals surface area contributed by atoms with Gasteiger partial charge in [0.1, 0.15) is 0 Å². The summed E-state index contributed by atoms with van der Waals surface area (Å²) < 4.78 is 30.0. The summed E-state index contributed by atoms with van der Waals surface area (Å²) in [6.45, 7) is 5.86. The summed E-state index contributed by atoms with van der Waals surface area (Å²) in [5.41, 5.74) is 2.18. The molecule has 0 aliphatic carbocycles. The van der Waals surface area contributed by atoms with Gasteiger partial charge in [0.05, 0.1) is 17.1 Å². The second-order valence-corrected chi connectivity index (χ2v) is 10.2. The third-order valence-corrected chi connectivity index (χ3v) is 8.51. The standard InChI is InChI=1S/C23H30N4O2S.2ClH/c28-30(29)26(19-18-24-16-12-20(13-17-24)25-14-6-7-15-25)22-10-4-5-11-23(22)27(30)21-8-2-1-3-9-21;;/h1-5,8-11,20H,6-7,12-19H2;2*1H. The van der Waals surface area contributed by atoms with Crippen molar-refractivity contribution < 1.29 is 8.42 Å².